The minimum atomic E-state index is -1.03. The van der Waals surface area contributed by atoms with Gasteiger partial charge in [-0.2, -0.15) is 0 Å². The number of amides is 1. The standard InChI is InChI=1S/C20H22N2O7/c1-10-16(19(24)26-4)11(2)22-17(10)20(25)29-12(3)18(23)21-8-13-5-6-14-15(7-13)28-9-27-14/h5-7,12,22H,8-9H2,1-4H3,(H,21,23)/t12-/m1/s1. The topological polar surface area (TPSA) is 116 Å². The zero-order valence-corrected chi connectivity index (χ0v) is 16.6. The van der Waals surface area contributed by atoms with Crippen LogP contribution in [0.25, 0.3) is 0 Å². The van der Waals surface area contributed by atoms with Crippen LogP contribution in [0.2, 0.25) is 0 Å². The van der Waals surface area contributed by atoms with E-state index in [1.54, 1.807) is 26.0 Å². The largest absolute Gasteiger partial charge is 0.465 e. The normalized spacial score (nSPS) is 13.0. The number of aromatic amines is 1. The molecule has 0 bridgehead atoms. The Morgan fingerprint density at radius 3 is 2.62 bits per heavy atom. The van der Waals surface area contributed by atoms with Gasteiger partial charge in [0.2, 0.25) is 6.79 Å². The predicted octanol–water partition coefficient (Wildman–Crippen LogP) is 2.01. The minimum Gasteiger partial charge on any atom is -0.465 e. The number of methoxy groups -OCH3 is 1. The smallest absolute Gasteiger partial charge is 0.355 e. The number of benzene rings is 1. The first-order valence-electron chi connectivity index (χ1n) is 8.96. The van der Waals surface area contributed by atoms with Gasteiger partial charge in [-0.1, -0.05) is 6.07 Å². The molecule has 1 amide bonds. The predicted molar refractivity (Wildman–Crippen MR) is 101 cm³/mol. The lowest BCUT2D eigenvalue weighted by Crippen LogP contribution is -2.35. The van der Waals surface area contributed by atoms with Crippen LogP contribution in [0, 0.1) is 13.8 Å². The lowest BCUT2D eigenvalue weighted by molar-refractivity contribution is -0.129. The third-order valence-corrected chi connectivity index (χ3v) is 4.59. The average Bonchev–Trinajstić information content (AvgIpc) is 3.28. The molecule has 1 aromatic heterocycles. The van der Waals surface area contributed by atoms with Crippen molar-refractivity contribution in [2.75, 3.05) is 13.9 Å². The monoisotopic (exact) mass is 402 g/mol. The molecule has 3 rings (SSSR count). The molecular weight excluding hydrogens is 380 g/mol. The van der Waals surface area contributed by atoms with Crippen LogP contribution in [0.4, 0.5) is 0 Å². The summed E-state index contributed by atoms with van der Waals surface area (Å²) < 4.78 is 20.5. The van der Waals surface area contributed by atoms with Gasteiger partial charge in [0.25, 0.3) is 5.91 Å². The van der Waals surface area contributed by atoms with E-state index < -0.39 is 23.9 Å². The maximum Gasteiger partial charge on any atom is 0.355 e. The molecule has 0 aliphatic carbocycles. The molecular formula is C20H22N2O7. The number of hydrogen-bond donors (Lipinski definition) is 2. The second-order valence-corrected chi connectivity index (χ2v) is 6.57. The summed E-state index contributed by atoms with van der Waals surface area (Å²) in [6.07, 6.45) is -1.03. The van der Waals surface area contributed by atoms with E-state index in [1.807, 2.05) is 6.07 Å². The lowest BCUT2D eigenvalue weighted by atomic mass is 10.1. The Bertz CT molecular complexity index is 964. The number of ether oxygens (including phenoxy) is 4. The zero-order chi connectivity index (χ0) is 21.1. The third-order valence-electron chi connectivity index (χ3n) is 4.59. The highest BCUT2D eigenvalue weighted by Crippen LogP contribution is 2.32. The molecule has 9 heteroatoms. The fourth-order valence-corrected chi connectivity index (χ4v) is 3.02. The average molecular weight is 402 g/mol. The quantitative estimate of drug-likeness (QED) is 0.710. The molecule has 0 saturated heterocycles. The molecule has 2 aromatic rings. The van der Waals surface area contributed by atoms with E-state index in [0.29, 0.717) is 22.8 Å². The van der Waals surface area contributed by atoms with Crippen LogP contribution in [-0.4, -0.2) is 42.8 Å². The maximum atomic E-state index is 12.4. The molecule has 9 nitrogen and oxygen atoms in total. The molecule has 0 saturated carbocycles. The van der Waals surface area contributed by atoms with Crippen LogP contribution in [-0.2, 0) is 20.8 Å². The van der Waals surface area contributed by atoms with E-state index in [1.165, 1.54) is 14.0 Å². The summed E-state index contributed by atoms with van der Waals surface area (Å²) in [5, 5.41) is 2.71. The summed E-state index contributed by atoms with van der Waals surface area (Å²) in [6, 6.07) is 5.35. The third kappa shape index (κ3) is 4.18. The van der Waals surface area contributed by atoms with Gasteiger partial charge in [0.05, 0.1) is 12.7 Å². The number of fused-ring (bicyclic) bond motifs is 1. The molecule has 1 atom stereocenters. The number of aryl methyl sites for hydroxylation is 1. The Morgan fingerprint density at radius 1 is 1.17 bits per heavy atom. The molecule has 2 N–H and O–H groups in total. The highest BCUT2D eigenvalue weighted by molar-refractivity contribution is 5.99. The summed E-state index contributed by atoms with van der Waals surface area (Å²) in [6.45, 7) is 5.14. The van der Waals surface area contributed by atoms with Crippen molar-refractivity contribution < 1.29 is 33.3 Å². The SMILES string of the molecule is COC(=O)c1c(C)[nH]c(C(=O)O[C@H](C)C(=O)NCc2ccc3c(c2)OCO3)c1C. The van der Waals surface area contributed by atoms with Crippen molar-refractivity contribution in [2.45, 2.75) is 33.4 Å². The van der Waals surface area contributed by atoms with Gasteiger partial charge in [-0.15, -0.1) is 0 Å². The van der Waals surface area contributed by atoms with Crippen LogP contribution in [0.15, 0.2) is 18.2 Å². The Hall–Kier alpha value is -3.49. The molecule has 29 heavy (non-hydrogen) atoms. The number of H-pyrrole nitrogens is 1. The van der Waals surface area contributed by atoms with E-state index in [4.69, 9.17) is 18.9 Å². The summed E-state index contributed by atoms with van der Waals surface area (Å²) in [4.78, 5) is 39.4. The Labute approximate surface area is 167 Å². The highest BCUT2D eigenvalue weighted by Gasteiger charge is 2.26. The second kappa shape index (κ2) is 8.26. The van der Waals surface area contributed by atoms with Crippen molar-refractivity contribution in [3.63, 3.8) is 0 Å². The van der Waals surface area contributed by atoms with E-state index in [0.717, 1.165) is 5.56 Å². The number of nitrogens with one attached hydrogen (secondary N) is 2. The van der Waals surface area contributed by atoms with Gasteiger partial charge < -0.3 is 29.2 Å². The molecule has 0 spiro atoms. The maximum absolute atomic E-state index is 12.4. The molecule has 0 radical (unpaired) electrons. The molecule has 0 unspecified atom stereocenters. The molecule has 1 aromatic carbocycles. The van der Waals surface area contributed by atoms with Crippen molar-refractivity contribution in [3.05, 3.63) is 46.3 Å². The van der Waals surface area contributed by atoms with Crippen molar-refractivity contribution in [2.24, 2.45) is 0 Å². The van der Waals surface area contributed by atoms with Gasteiger partial charge in [-0.05, 0) is 44.0 Å². The van der Waals surface area contributed by atoms with Crippen molar-refractivity contribution in [1.29, 1.82) is 0 Å². The van der Waals surface area contributed by atoms with Gasteiger partial charge in [0, 0.05) is 12.2 Å². The summed E-state index contributed by atoms with van der Waals surface area (Å²) in [5.74, 6) is -0.457. The number of carbonyl (C=O) groups excluding carboxylic acids is 3. The fraction of sp³-hybridized carbons (Fsp3) is 0.350. The zero-order valence-electron chi connectivity index (χ0n) is 16.6. The summed E-state index contributed by atoms with van der Waals surface area (Å²) in [5.41, 5.74) is 2.10. The Balaban J connectivity index is 1.59. The molecule has 0 fully saturated rings. The van der Waals surface area contributed by atoms with Crippen LogP contribution in [0.3, 0.4) is 0 Å². The lowest BCUT2D eigenvalue weighted by Gasteiger charge is -2.13. The van der Waals surface area contributed by atoms with Crippen LogP contribution in [0.5, 0.6) is 11.5 Å². The van der Waals surface area contributed by atoms with Gasteiger partial charge >= 0.3 is 11.9 Å². The molecule has 2 heterocycles. The van der Waals surface area contributed by atoms with E-state index in [9.17, 15) is 14.4 Å². The number of carbonyl (C=O) groups is 3. The van der Waals surface area contributed by atoms with Gasteiger partial charge in [-0.25, -0.2) is 9.59 Å². The first-order valence-corrected chi connectivity index (χ1v) is 8.96. The van der Waals surface area contributed by atoms with Crippen LogP contribution >= 0.6 is 0 Å². The fourth-order valence-electron chi connectivity index (χ4n) is 3.02. The summed E-state index contributed by atoms with van der Waals surface area (Å²) in [7, 11) is 1.26. The van der Waals surface area contributed by atoms with Crippen LogP contribution < -0.4 is 14.8 Å². The van der Waals surface area contributed by atoms with Crippen molar-refractivity contribution in [3.8, 4) is 11.5 Å². The van der Waals surface area contributed by atoms with Gasteiger partial charge in [0.1, 0.15) is 5.69 Å². The molecule has 1 aliphatic rings. The number of hydrogen-bond acceptors (Lipinski definition) is 7. The summed E-state index contributed by atoms with van der Waals surface area (Å²) >= 11 is 0. The first-order chi connectivity index (χ1) is 13.8. The molecule has 154 valence electrons. The van der Waals surface area contributed by atoms with E-state index >= 15 is 0 Å². The Kier molecular flexibility index (Phi) is 5.76. The van der Waals surface area contributed by atoms with Gasteiger partial charge in [0.15, 0.2) is 17.6 Å². The molecule has 1 aliphatic heterocycles. The minimum absolute atomic E-state index is 0.110. The van der Waals surface area contributed by atoms with Crippen LogP contribution in [0.1, 0.15) is 44.6 Å². The van der Waals surface area contributed by atoms with E-state index in [-0.39, 0.29) is 24.6 Å². The van der Waals surface area contributed by atoms with Crippen molar-refractivity contribution >= 4 is 17.8 Å². The number of rotatable bonds is 6. The number of esters is 2. The van der Waals surface area contributed by atoms with E-state index in [2.05, 4.69) is 10.3 Å². The first kappa shape index (κ1) is 20.2. The highest BCUT2D eigenvalue weighted by atomic mass is 16.7. The number of aromatic nitrogens is 1. The second-order valence-electron chi connectivity index (χ2n) is 6.57. The Morgan fingerprint density at radius 2 is 1.90 bits per heavy atom. The van der Waals surface area contributed by atoms with Crippen molar-refractivity contribution in [1.82, 2.24) is 10.3 Å². The van der Waals surface area contributed by atoms with Gasteiger partial charge in [-0.3, -0.25) is 4.79 Å².